The Kier molecular flexibility index (Phi) is 6.10. The molecule has 9 nitrogen and oxygen atoms in total. The van der Waals surface area contributed by atoms with Gasteiger partial charge in [-0.15, -0.1) is 0 Å². The second-order valence-electron chi connectivity index (χ2n) is 8.31. The van der Waals surface area contributed by atoms with Gasteiger partial charge in [0.2, 0.25) is 0 Å². The maximum Gasteiger partial charge on any atom is 0.336 e. The second kappa shape index (κ2) is 9.55. The SMILES string of the molecule is O=COc1cc2c(cc1OC=O)C(c1ccccc1)(c1ccccc1)c1cc(C(=O)O)c(C(=O)O)cc1O2. The van der Waals surface area contributed by atoms with Crippen LogP contribution in [0.25, 0.3) is 0 Å². The van der Waals surface area contributed by atoms with Gasteiger partial charge in [-0.2, -0.15) is 0 Å². The van der Waals surface area contributed by atoms with Crippen LogP contribution in [0, 0.1) is 0 Å². The summed E-state index contributed by atoms with van der Waals surface area (Å²) in [5.74, 6) is -2.77. The van der Waals surface area contributed by atoms with E-state index in [1.165, 1.54) is 24.3 Å². The maximum absolute atomic E-state index is 12.2. The van der Waals surface area contributed by atoms with E-state index in [-0.39, 0.29) is 35.9 Å². The molecule has 0 aromatic heterocycles. The Morgan fingerprint density at radius 1 is 0.658 bits per heavy atom. The predicted octanol–water partition coefficient (Wildman–Crippen LogP) is 4.64. The summed E-state index contributed by atoms with van der Waals surface area (Å²) in [6.45, 7) is 0.352. The van der Waals surface area contributed by atoms with E-state index in [4.69, 9.17) is 14.2 Å². The third kappa shape index (κ3) is 3.73. The number of carbonyl (C=O) groups is 4. The Morgan fingerprint density at radius 3 is 1.61 bits per heavy atom. The van der Waals surface area contributed by atoms with Gasteiger partial charge in [-0.05, 0) is 29.3 Å². The van der Waals surface area contributed by atoms with E-state index in [2.05, 4.69) is 0 Å². The number of carboxylic acid groups (broad SMARTS) is 2. The molecule has 0 unspecified atom stereocenters. The standard InChI is InChI=1S/C29H18O9/c30-15-36-25-13-22-24(14-26(25)37-16-31)38-23-12-20(28(34)35)19(27(32)33)11-21(23)29(22,17-7-3-1-4-8-17)18-9-5-2-6-10-18/h1-16H,(H,32,33)(H,34,35). The van der Waals surface area contributed by atoms with Crippen LogP contribution in [0.1, 0.15) is 43.0 Å². The van der Waals surface area contributed by atoms with Gasteiger partial charge < -0.3 is 24.4 Å². The number of aromatic carboxylic acids is 2. The molecule has 0 aliphatic carbocycles. The van der Waals surface area contributed by atoms with Crippen molar-refractivity contribution in [2.75, 3.05) is 0 Å². The molecule has 0 bridgehead atoms. The van der Waals surface area contributed by atoms with Crippen LogP contribution < -0.4 is 14.2 Å². The van der Waals surface area contributed by atoms with Gasteiger partial charge in [0.05, 0.1) is 16.5 Å². The smallest absolute Gasteiger partial charge is 0.336 e. The van der Waals surface area contributed by atoms with Crippen molar-refractivity contribution in [3.05, 3.63) is 118 Å². The molecule has 0 radical (unpaired) electrons. The molecule has 0 atom stereocenters. The van der Waals surface area contributed by atoms with E-state index in [1.54, 1.807) is 0 Å². The molecule has 2 N–H and O–H groups in total. The lowest BCUT2D eigenvalue weighted by Gasteiger charge is -2.42. The number of ether oxygens (including phenoxy) is 3. The first-order chi connectivity index (χ1) is 18.4. The van der Waals surface area contributed by atoms with Crippen molar-refractivity contribution in [3.63, 3.8) is 0 Å². The van der Waals surface area contributed by atoms with Crippen molar-refractivity contribution >= 4 is 24.9 Å². The summed E-state index contributed by atoms with van der Waals surface area (Å²) in [6, 6.07) is 23.5. The first-order valence-electron chi connectivity index (χ1n) is 11.2. The molecule has 0 saturated carbocycles. The minimum atomic E-state index is -1.44. The lowest BCUT2D eigenvalue weighted by Crippen LogP contribution is -2.35. The molecule has 0 fully saturated rings. The summed E-state index contributed by atoms with van der Waals surface area (Å²) >= 11 is 0. The van der Waals surface area contributed by atoms with Gasteiger partial charge in [-0.1, -0.05) is 60.7 Å². The van der Waals surface area contributed by atoms with Crippen molar-refractivity contribution in [1.29, 1.82) is 0 Å². The average molecular weight is 510 g/mol. The van der Waals surface area contributed by atoms with E-state index >= 15 is 0 Å². The lowest BCUT2D eigenvalue weighted by molar-refractivity contribution is -0.123. The van der Waals surface area contributed by atoms with Gasteiger partial charge in [-0.3, -0.25) is 9.59 Å². The van der Waals surface area contributed by atoms with Gasteiger partial charge in [0.1, 0.15) is 11.5 Å². The lowest BCUT2D eigenvalue weighted by atomic mass is 9.63. The highest BCUT2D eigenvalue weighted by Gasteiger charge is 2.47. The fourth-order valence-corrected chi connectivity index (χ4v) is 4.95. The summed E-state index contributed by atoms with van der Waals surface area (Å²) in [4.78, 5) is 46.6. The molecule has 188 valence electrons. The fraction of sp³-hybridized carbons (Fsp3) is 0.0345. The van der Waals surface area contributed by atoms with E-state index in [1.807, 2.05) is 60.7 Å². The van der Waals surface area contributed by atoms with Crippen LogP contribution in [0.4, 0.5) is 0 Å². The first kappa shape index (κ1) is 24.3. The molecule has 1 aliphatic rings. The number of carboxylic acids is 2. The number of fused-ring (bicyclic) bond motifs is 2. The number of carbonyl (C=O) groups excluding carboxylic acids is 2. The minimum Gasteiger partial charge on any atom is -0.478 e. The van der Waals surface area contributed by atoms with Crippen molar-refractivity contribution in [1.82, 2.24) is 0 Å². The zero-order valence-electron chi connectivity index (χ0n) is 19.5. The molecule has 1 aliphatic heterocycles. The summed E-state index contributed by atoms with van der Waals surface area (Å²) in [5, 5.41) is 19.7. The molecule has 0 spiro atoms. The minimum absolute atomic E-state index is 0.0743. The fourth-order valence-electron chi connectivity index (χ4n) is 4.95. The molecule has 38 heavy (non-hydrogen) atoms. The highest BCUT2D eigenvalue weighted by Crippen LogP contribution is 2.57. The molecule has 4 aromatic rings. The predicted molar refractivity (Wildman–Crippen MR) is 132 cm³/mol. The van der Waals surface area contributed by atoms with Gasteiger partial charge in [0.25, 0.3) is 12.9 Å². The Balaban J connectivity index is 1.99. The molecular formula is C29H18O9. The van der Waals surface area contributed by atoms with Crippen molar-refractivity contribution in [2.24, 2.45) is 0 Å². The summed E-state index contributed by atoms with van der Waals surface area (Å²) < 4.78 is 16.3. The normalized spacial score (nSPS) is 12.7. The Hall–Kier alpha value is -5.44. The molecule has 5 rings (SSSR count). The van der Waals surface area contributed by atoms with Crippen molar-refractivity contribution in [3.8, 4) is 23.0 Å². The number of rotatable bonds is 8. The van der Waals surface area contributed by atoms with E-state index in [0.717, 1.165) is 0 Å². The molecule has 0 saturated heterocycles. The third-order valence-electron chi connectivity index (χ3n) is 6.42. The van der Waals surface area contributed by atoms with Crippen LogP contribution in [-0.2, 0) is 15.0 Å². The largest absolute Gasteiger partial charge is 0.478 e. The van der Waals surface area contributed by atoms with Crippen molar-refractivity contribution in [2.45, 2.75) is 5.41 Å². The van der Waals surface area contributed by atoms with Crippen LogP contribution in [0.3, 0.4) is 0 Å². The van der Waals surface area contributed by atoms with Crippen LogP contribution in [0.5, 0.6) is 23.0 Å². The van der Waals surface area contributed by atoms with E-state index < -0.39 is 28.5 Å². The maximum atomic E-state index is 12.2. The zero-order valence-corrected chi connectivity index (χ0v) is 19.5. The van der Waals surface area contributed by atoms with Gasteiger partial charge in [-0.25, -0.2) is 9.59 Å². The van der Waals surface area contributed by atoms with Gasteiger partial charge in [0.15, 0.2) is 11.5 Å². The molecular weight excluding hydrogens is 492 g/mol. The summed E-state index contributed by atoms with van der Waals surface area (Å²) in [6.07, 6.45) is 0. The van der Waals surface area contributed by atoms with E-state index in [0.29, 0.717) is 22.3 Å². The van der Waals surface area contributed by atoms with Gasteiger partial charge in [0, 0.05) is 17.2 Å². The van der Waals surface area contributed by atoms with E-state index in [9.17, 15) is 29.4 Å². The third-order valence-corrected chi connectivity index (χ3v) is 6.42. The zero-order chi connectivity index (χ0) is 26.9. The van der Waals surface area contributed by atoms with Gasteiger partial charge >= 0.3 is 11.9 Å². The summed E-state index contributed by atoms with van der Waals surface area (Å²) in [5.41, 5.74) is 0.0376. The molecule has 0 amide bonds. The highest BCUT2D eigenvalue weighted by atomic mass is 16.6. The van der Waals surface area contributed by atoms with Crippen LogP contribution in [0.2, 0.25) is 0 Å². The monoisotopic (exact) mass is 510 g/mol. The highest BCUT2D eigenvalue weighted by molar-refractivity contribution is 6.02. The quantitative estimate of drug-likeness (QED) is 0.286. The number of hydrogen-bond donors (Lipinski definition) is 2. The Bertz CT molecular complexity index is 1540. The topological polar surface area (TPSA) is 136 Å². The molecule has 9 heteroatoms. The average Bonchev–Trinajstić information content (AvgIpc) is 2.92. The van der Waals surface area contributed by atoms with Crippen LogP contribution >= 0.6 is 0 Å². The second-order valence-corrected chi connectivity index (χ2v) is 8.31. The van der Waals surface area contributed by atoms with Crippen LogP contribution in [-0.4, -0.2) is 35.1 Å². The number of benzene rings is 4. The van der Waals surface area contributed by atoms with Crippen molar-refractivity contribution < 1.29 is 43.6 Å². The molecule has 4 aromatic carbocycles. The van der Waals surface area contributed by atoms with Crippen LogP contribution in [0.15, 0.2) is 84.9 Å². The number of hydrogen-bond acceptors (Lipinski definition) is 7. The Labute approximate surface area is 215 Å². The molecule has 1 heterocycles. The Morgan fingerprint density at radius 2 is 1.11 bits per heavy atom. The summed E-state index contributed by atoms with van der Waals surface area (Å²) in [7, 11) is 0. The first-order valence-corrected chi connectivity index (χ1v) is 11.2.